The Morgan fingerprint density at radius 1 is 1.59 bits per heavy atom. The van der Waals surface area contributed by atoms with E-state index in [0.717, 1.165) is 12.1 Å². The van der Waals surface area contributed by atoms with Crippen LogP contribution < -0.4 is 10.6 Å². The second kappa shape index (κ2) is 6.81. The van der Waals surface area contributed by atoms with E-state index in [0.29, 0.717) is 16.7 Å². The summed E-state index contributed by atoms with van der Waals surface area (Å²) in [6, 6.07) is 4.38. The van der Waals surface area contributed by atoms with E-state index >= 15 is 0 Å². The molecule has 0 aliphatic rings. The second-order valence-corrected chi connectivity index (χ2v) is 5.43. The number of rotatable bonds is 6. The molecule has 1 atom stereocenters. The van der Waals surface area contributed by atoms with Crippen LogP contribution in [0.1, 0.15) is 19.0 Å². The van der Waals surface area contributed by atoms with Crippen molar-refractivity contribution < 1.29 is 0 Å². The van der Waals surface area contributed by atoms with Crippen molar-refractivity contribution in [3.63, 3.8) is 0 Å². The zero-order valence-electron chi connectivity index (χ0n) is 10.5. The van der Waals surface area contributed by atoms with Crippen LogP contribution in [0.25, 0.3) is 0 Å². The molecule has 0 bridgehead atoms. The summed E-state index contributed by atoms with van der Waals surface area (Å²) in [5.74, 6) is 1.17. The maximum absolute atomic E-state index is 5.52. The Hall–Kier alpha value is -0.810. The van der Waals surface area contributed by atoms with Crippen LogP contribution in [0.15, 0.2) is 18.3 Å². The Labute approximate surface area is 113 Å². The molecule has 0 aliphatic heterocycles. The zero-order valence-corrected chi connectivity index (χ0v) is 12.1. The molecule has 0 saturated carbocycles. The molecular formula is C12H19N3S2. The lowest BCUT2D eigenvalue weighted by Gasteiger charge is -2.26. The molecule has 1 unspecified atom stereocenters. The fourth-order valence-corrected chi connectivity index (χ4v) is 2.17. The maximum Gasteiger partial charge on any atom is 0.122 e. The SMILES string of the molecule is CSCCC(C)N(C)c1ccc(C(N)=S)nc1. The Kier molecular flexibility index (Phi) is 5.71. The largest absolute Gasteiger partial charge is 0.388 e. The number of anilines is 1. The summed E-state index contributed by atoms with van der Waals surface area (Å²) in [7, 11) is 2.09. The molecule has 0 spiro atoms. The van der Waals surface area contributed by atoms with E-state index < -0.39 is 0 Å². The average molecular weight is 269 g/mol. The van der Waals surface area contributed by atoms with Gasteiger partial charge in [-0.3, -0.25) is 4.98 Å². The van der Waals surface area contributed by atoms with Crippen molar-refractivity contribution >= 4 is 34.7 Å². The van der Waals surface area contributed by atoms with Gasteiger partial charge in [0.25, 0.3) is 0 Å². The number of thiocarbonyl (C=S) groups is 1. The third-order valence-electron chi connectivity index (χ3n) is 2.81. The van der Waals surface area contributed by atoms with E-state index in [4.69, 9.17) is 18.0 Å². The van der Waals surface area contributed by atoms with Gasteiger partial charge in [-0.15, -0.1) is 0 Å². The lowest BCUT2D eigenvalue weighted by Crippen LogP contribution is -2.29. The highest BCUT2D eigenvalue weighted by Crippen LogP contribution is 2.16. The van der Waals surface area contributed by atoms with Gasteiger partial charge in [0.1, 0.15) is 4.99 Å². The summed E-state index contributed by atoms with van der Waals surface area (Å²) in [5, 5.41) is 0. The van der Waals surface area contributed by atoms with Gasteiger partial charge >= 0.3 is 0 Å². The fraction of sp³-hybridized carbons (Fsp3) is 0.500. The van der Waals surface area contributed by atoms with Gasteiger partial charge in [0.15, 0.2) is 0 Å². The topological polar surface area (TPSA) is 42.1 Å². The van der Waals surface area contributed by atoms with Gasteiger partial charge in [-0.2, -0.15) is 11.8 Å². The van der Waals surface area contributed by atoms with Crippen LogP contribution in [0.5, 0.6) is 0 Å². The Morgan fingerprint density at radius 2 is 2.29 bits per heavy atom. The van der Waals surface area contributed by atoms with Crippen LogP contribution in [-0.2, 0) is 0 Å². The minimum Gasteiger partial charge on any atom is -0.388 e. The first kappa shape index (κ1) is 14.3. The number of thioether (sulfide) groups is 1. The third-order valence-corrected chi connectivity index (χ3v) is 3.66. The molecule has 1 rings (SSSR count). The number of aromatic nitrogens is 1. The first-order valence-electron chi connectivity index (χ1n) is 5.54. The Morgan fingerprint density at radius 3 is 2.76 bits per heavy atom. The molecule has 2 N–H and O–H groups in total. The highest BCUT2D eigenvalue weighted by Gasteiger charge is 2.10. The molecule has 0 saturated heterocycles. The summed E-state index contributed by atoms with van der Waals surface area (Å²) in [5.41, 5.74) is 7.29. The molecule has 0 aromatic carbocycles. The molecule has 1 heterocycles. The van der Waals surface area contributed by atoms with Gasteiger partial charge < -0.3 is 10.6 Å². The van der Waals surface area contributed by atoms with E-state index in [1.54, 1.807) is 0 Å². The van der Waals surface area contributed by atoms with Crippen molar-refractivity contribution in [3.05, 3.63) is 24.0 Å². The highest BCUT2D eigenvalue weighted by molar-refractivity contribution is 7.98. The van der Waals surface area contributed by atoms with Crippen LogP contribution in [0, 0.1) is 0 Å². The number of nitrogens with two attached hydrogens (primary N) is 1. The van der Waals surface area contributed by atoms with Gasteiger partial charge in [0.2, 0.25) is 0 Å². The Balaban J connectivity index is 2.68. The predicted molar refractivity (Wildman–Crippen MR) is 81.0 cm³/mol. The standard InChI is InChI=1S/C12H19N3S2/c1-9(6-7-17-3)15(2)10-4-5-11(12(13)16)14-8-10/h4-5,8-9H,6-7H2,1-3H3,(H2,13,16). The molecular weight excluding hydrogens is 250 g/mol. The molecule has 1 aromatic rings. The fourth-order valence-electron chi connectivity index (χ4n) is 1.48. The molecule has 0 fully saturated rings. The minimum atomic E-state index is 0.342. The molecule has 94 valence electrons. The van der Waals surface area contributed by atoms with Crippen molar-refractivity contribution in [2.45, 2.75) is 19.4 Å². The van der Waals surface area contributed by atoms with Gasteiger partial charge in [-0.1, -0.05) is 12.2 Å². The van der Waals surface area contributed by atoms with E-state index in [2.05, 4.69) is 30.1 Å². The minimum absolute atomic E-state index is 0.342. The summed E-state index contributed by atoms with van der Waals surface area (Å²) >= 11 is 6.75. The first-order chi connectivity index (χ1) is 8.06. The normalized spacial score (nSPS) is 12.2. The number of pyridine rings is 1. The van der Waals surface area contributed by atoms with E-state index in [1.165, 1.54) is 5.75 Å². The number of hydrogen-bond acceptors (Lipinski definition) is 4. The Bertz CT molecular complexity index is 365. The van der Waals surface area contributed by atoms with E-state index in [-0.39, 0.29) is 0 Å². The first-order valence-corrected chi connectivity index (χ1v) is 7.34. The third kappa shape index (κ3) is 4.16. The highest BCUT2D eigenvalue weighted by atomic mass is 32.2. The van der Waals surface area contributed by atoms with Gasteiger partial charge in [0.05, 0.1) is 17.6 Å². The molecule has 0 radical (unpaired) electrons. The quantitative estimate of drug-likeness (QED) is 0.803. The van der Waals surface area contributed by atoms with Crippen molar-refractivity contribution in [1.82, 2.24) is 4.98 Å². The van der Waals surface area contributed by atoms with E-state index in [1.807, 2.05) is 30.1 Å². The van der Waals surface area contributed by atoms with Crippen LogP contribution in [-0.4, -0.2) is 35.1 Å². The summed E-state index contributed by atoms with van der Waals surface area (Å²) in [4.78, 5) is 6.82. The zero-order chi connectivity index (χ0) is 12.8. The summed E-state index contributed by atoms with van der Waals surface area (Å²) in [6.45, 7) is 2.22. The molecule has 1 aromatic heterocycles. The molecule has 5 heteroatoms. The number of hydrogen-bond donors (Lipinski definition) is 1. The van der Waals surface area contributed by atoms with Crippen LogP contribution in [0.2, 0.25) is 0 Å². The molecule has 0 amide bonds. The summed E-state index contributed by atoms with van der Waals surface area (Å²) in [6.07, 6.45) is 5.12. The van der Waals surface area contributed by atoms with Crippen molar-refractivity contribution in [2.75, 3.05) is 24.0 Å². The monoisotopic (exact) mass is 269 g/mol. The van der Waals surface area contributed by atoms with Crippen molar-refractivity contribution in [1.29, 1.82) is 0 Å². The molecule has 17 heavy (non-hydrogen) atoms. The second-order valence-electron chi connectivity index (χ2n) is 4.01. The summed E-state index contributed by atoms with van der Waals surface area (Å²) < 4.78 is 0. The van der Waals surface area contributed by atoms with Gasteiger partial charge in [0, 0.05) is 13.1 Å². The molecule has 0 aliphatic carbocycles. The lowest BCUT2D eigenvalue weighted by molar-refractivity contribution is 0.668. The van der Waals surface area contributed by atoms with Gasteiger partial charge in [-0.05, 0) is 37.5 Å². The predicted octanol–water partition coefficient (Wildman–Crippen LogP) is 2.29. The van der Waals surface area contributed by atoms with E-state index in [9.17, 15) is 0 Å². The molecule has 3 nitrogen and oxygen atoms in total. The number of nitrogens with zero attached hydrogens (tertiary/aromatic N) is 2. The van der Waals surface area contributed by atoms with Gasteiger partial charge in [-0.25, -0.2) is 0 Å². The van der Waals surface area contributed by atoms with Crippen LogP contribution in [0.4, 0.5) is 5.69 Å². The van der Waals surface area contributed by atoms with Crippen molar-refractivity contribution in [2.24, 2.45) is 5.73 Å². The van der Waals surface area contributed by atoms with Crippen molar-refractivity contribution in [3.8, 4) is 0 Å². The lowest BCUT2D eigenvalue weighted by atomic mass is 10.2. The average Bonchev–Trinajstić information content (AvgIpc) is 2.35. The van der Waals surface area contributed by atoms with Crippen LogP contribution >= 0.6 is 24.0 Å². The maximum atomic E-state index is 5.52. The smallest absolute Gasteiger partial charge is 0.122 e. The van der Waals surface area contributed by atoms with Crippen LogP contribution in [0.3, 0.4) is 0 Å².